The number of aliphatic carboxylic acids is 1. The van der Waals surface area contributed by atoms with Crippen molar-refractivity contribution >= 4 is 23.5 Å². The van der Waals surface area contributed by atoms with E-state index < -0.39 is 17.4 Å². The molecule has 1 N–H and O–H groups in total. The molecule has 0 heterocycles. The molecule has 0 bridgehead atoms. The number of methoxy groups -OCH3 is 1. The first kappa shape index (κ1) is 17.3. The predicted octanol–water partition coefficient (Wildman–Crippen LogP) is 4.22. The average molecular weight is 351 g/mol. The zero-order valence-electron chi connectivity index (χ0n) is 13.9. The lowest BCUT2D eigenvalue weighted by Gasteiger charge is -2.24. The van der Waals surface area contributed by atoms with Crippen molar-refractivity contribution in [2.75, 3.05) is 7.11 Å². The van der Waals surface area contributed by atoms with Crippen molar-refractivity contribution in [3.63, 3.8) is 0 Å². The Hall–Kier alpha value is -1.55. The van der Waals surface area contributed by atoms with E-state index in [9.17, 15) is 14.7 Å². The van der Waals surface area contributed by atoms with Crippen molar-refractivity contribution in [1.29, 1.82) is 0 Å². The van der Waals surface area contributed by atoms with E-state index in [0.717, 1.165) is 24.0 Å². The summed E-state index contributed by atoms with van der Waals surface area (Å²) in [6, 6.07) is 3.75. The molecular weight excluding hydrogens is 328 g/mol. The molecule has 1 saturated carbocycles. The van der Waals surface area contributed by atoms with E-state index >= 15 is 0 Å². The van der Waals surface area contributed by atoms with Crippen LogP contribution >= 0.6 is 11.6 Å². The predicted molar refractivity (Wildman–Crippen MR) is 91.5 cm³/mol. The zero-order valence-corrected chi connectivity index (χ0v) is 14.7. The number of aryl methyl sites for hydroxylation is 1. The van der Waals surface area contributed by atoms with E-state index in [1.165, 1.54) is 32.8 Å². The average Bonchev–Trinajstić information content (AvgIpc) is 2.75. The zero-order chi connectivity index (χ0) is 17.3. The molecule has 2 aliphatic carbocycles. The number of carboxylic acids is 1. The van der Waals surface area contributed by atoms with Crippen molar-refractivity contribution < 1.29 is 19.4 Å². The Balaban J connectivity index is 2.04. The number of ether oxygens (including phenoxy) is 1. The number of rotatable bonds is 3. The van der Waals surface area contributed by atoms with E-state index in [-0.39, 0.29) is 6.42 Å². The summed E-state index contributed by atoms with van der Waals surface area (Å²) in [7, 11) is 1.23. The molecule has 2 aliphatic rings. The van der Waals surface area contributed by atoms with E-state index in [1.54, 1.807) is 6.07 Å². The fourth-order valence-electron chi connectivity index (χ4n) is 4.30. The van der Waals surface area contributed by atoms with Crippen molar-refractivity contribution in [2.24, 2.45) is 0 Å². The van der Waals surface area contributed by atoms with Crippen molar-refractivity contribution in [2.45, 2.75) is 62.7 Å². The quantitative estimate of drug-likeness (QED) is 0.503. The molecule has 3 rings (SSSR count). The van der Waals surface area contributed by atoms with Gasteiger partial charge in [0.1, 0.15) is 0 Å². The molecule has 0 aromatic heterocycles. The normalized spacial score (nSPS) is 24.2. The van der Waals surface area contributed by atoms with Crippen molar-refractivity contribution in [1.82, 2.24) is 0 Å². The molecule has 1 aromatic rings. The molecule has 0 amide bonds. The molecule has 1 aromatic carbocycles. The monoisotopic (exact) mass is 350 g/mol. The van der Waals surface area contributed by atoms with Crippen LogP contribution in [0.25, 0.3) is 0 Å². The third-order valence-electron chi connectivity index (χ3n) is 5.65. The van der Waals surface area contributed by atoms with Gasteiger partial charge in [-0.25, -0.2) is 0 Å². The summed E-state index contributed by atoms with van der Waals surface area (Å²) in [6.07, 6.45) is 7.99. The topological polar surface area (TPSA) is 63.6 Å². The minimum absolute atomic E-state index is 0.231. The molecule has 4 nitrogen and oxygen atoms in total. The minimum atomic E-state index is -1.62. The first-order valence-electron chi connectivity index (χ1n) is 8.65. The second kappa shape index (κ2) is 6.75. The number of hydrogen-bond donors (Lipinski definition) is 1. The number of carboxylic acid groups (broad SMARTS) is 1. The molecule has 130 valence electrons. The van der Waals surface area contributed by atoms with E-state index in [0.29, 0.717) is 22.9 Å². The Labute approximate surface area is 147 Å². The summed E-state index contributed by atoms with van der Waals surface area (Å²) in [6.45, 7) is 0. The molecule has 1 fully saturated rings. The molecule has 0 saturated heterocycles. The largest absolute Gasteiger partial charge is 0.480 e. The van der Waals surface area contributed by atoms with Gasteiger partial charge >= 0.3 is 11.9 Å². The SMILES string of the molecule is COC(=O)C1(C(=O)O)CCc2cc(C3CCCCCC3)c(Cl)cc21. The van der Waals surface area contributed by atoms with Crippen LogP contribution in [-0.2, 0) is 26.2 Å². The van der Waals surface area contributed by atoms with Gasteiger partial charge in [-0.2, -0.15) is 0 Å². The number of carbonyl (C=O) groups excluding carboxylic acids is 1. The number of fused-ring (bicyclic) bond motifs is 1. The molecule has 0 spiro atoms. The van der Waals surface area contributed by atoms with Crippen LogP contribution in [0, 0.1) is 0 Å². The summed E-state index contributed by atoms with van der Waals surface area (Å²) >= 11 is 6.53. The van der Waals surface area contributed by atoms with E-state index in [1.807, 2.05) is 6.07 Å². The Morgan fingerprint density at radius 3 is 2.46 bits per heavy atom. The van der Waals surface area contributed by atoms with Gasteiger partial charge in [-0.1, -0.05) is 43.4 Å². The van der Waals surface area contributed by atoms with Crippen LogP contribution in [0.15, 0.2) is 12.1 Å². The van der Waals surface area contributed by atoms with Gasteiger partial charge in [-0.05, 0) is 54.4 Å². The van der Waals surface area contributed by atoms with Gasteiger partial charge < -0.3 is 9.84 Å². The van der Waals surface area contributed by atoms with Crippen LogP contribution < -0.4 is 0 Å². The minimum Gasteiger partial charge on any atom is -0.480 e. The van der Waals surface area contributed by atoms with Crippen LogP contribution in [0.3, 0.4) is 0 Å². The lowest BCUT2D eigenvalue weighted by atomic mass is 9.80. The van der Waals surface area contributed by atoms with Crippen LogP contribution in [0.2, 0.25) is 5.02 Å². The summed E-state index contributed by atoms with van der Waals surface area (Å²) < 4.78 is 4.80. The standard InChI is InChI=1S/C19H23ClO4/c1-24-18(23)19(17(21)22)9-8-13-10-14(16(20)11-15(13)19)12-6-4-2-3-5-7-12/h10-12H,2-9H2,1H3,(H,21,22). The number of carbonyl (C=O) groups is 2. The maximum absolute atomic E-state index is 12.2. The van der Waals surface area contributed by atoms with Gasteiger partial charge in [0.05, 0.1) is 7.11 Å². The first-order chi connectivity index (χ1) is 11.5. The number of hydrogen-bond acceptors (Lipinski definition) is 3. The fraction of sp³-hybridized carbons (Fsp3) is 0.579. The van der Waals surface area contributed by atoms with Crippen LogP contribution in [-0.4, -0.2) is 24.2 Å². The van der Waals surface area contributed by atoms with E-state index in [2.05, 4.69) is 0 Å². The first-order valence-corrected chi connectivity index (χ1v) is 9.03. The van der Waals surface area contributed by atoms with Crippen molar-refractivity contribution in [3.05, 3.63) is 33.8 Å². The molecule has 0 radical (unpaired) electrons. The Bertz CT molecular complexity index is 662. The summed E-state index contributed by atoms with van der Waals surface area (Å²) in [5.74, 6) is -1.44. The maximum atomic E-state index is 12.2. The van der Waals surface area contributed by atoms with Crippen LogP contribution in [0.4, 0.5) is 0 Å². The second-order valence-electron chi connectivity index (χ2n) is 6.92. The Morgan fingerprint density at radius 1 is 1.21 bits per heavy atom. The van der Waals surface area contributed by atoms with Crippen LogP contribution in [0.5, 0.6) is 0 Å². The number of halogens is 1. The third kappa shape index (κ3) is 2.71. The molecule has 1 atom stereocenters. The smallest absolute Gasteiger partial charge is 0.327 e. The van der Waals surface area contributed by atoms with Gasteiger partial charge in [0.2, 0.25) is 0 Å². The van der Waals surface area contributed by atoms with E-state index in [4.69, 9.17) is 16.3 Å². The highest BCUT2D eigenvalue weighted by molar-refractivity contribution is 6.31. The lowest BCUT2D eigenvalue weighted by molar-refractivity contribution is -0.159. The Morgan fingerprint density at radius 2 is 1.88 bits per heavy atom. The highest BCUT2D eigenvalue weighted by Gasteiger charge is 2.53. The molecule has 0 aliphatic heterocycles. The molecular formula is C19H23ClO4. The highest BCUT2D eigenvalue weighted by atomic mass is 35.5. The number of benzene rings is 1. The maximum Gasteiger partial charge on any atom is 0.327 e. The second-order valence-corrected chi connectivity index (χ2v) is 7.33. The van der Waals surface area contributed by atoms with Gasteiger partial charge in [-0.15, -0.1) is 0 Å². The van der Waals surface area contributed by atoms with Gasteiger partial charge in [0.15, 0.2) is 5.41 Å². The Kier molecular flexibility index (Phi) is 4.86. The molecule has 1 unspecified atom stereocenters. The van der Waals surface area contributed by atoms with Gasteiger partial charge in [0.25, 0.3) is 0 Å². The fourth-order valence-corrected chi connectivity index (χ4v) is 4.62. The third-order valence-corrected chi connectivity index (χ3v) is 5.97. The van der Waals surface area contributed by atoms with Gasteiger partial charge in [0, 0.05) is 5.02 Å². The van der Waals surface area contributed by atoms with Gasteiger partial charge in [-0.3, -0.25) is 9.59 Å². The summed E-state index contributed by atoms with van der Waals surface area (Å²) in [5, 5.41) is 10.3. The lowest BCUT2D eigenvalue weighted by Crippen LogP contribution is -2.42. The highest BCUT2D eigenvalue weighted by Crippen LogP contribution is 2.45. The molecule has 5 heteroatoms. The summed E-state index contributed by atoms with van der Waals surface area (Å²) in [5.41, 5.74) is 0.925. The molecule has 24 heavy (non-hydrogen) atoms. The van der Waals surface area contributed by atoms with Crippen molar-refractivity contribution in [3.8, 4) is 0 Å². The van der Waals surface area contributed by atoms with Crippen LogP contribution in [0.1, 0.15) is 67.6 Å². The number of esters is 1. The summed E-state index contributed by atoms with van der Waals surface area (Å²) in [4.78, 5) is 24.1.